The van der Waals surface area contributed by atoms with E-state index in [0.29, 0.717) is 29.9 Å². The van der Waals surface area contributed by atoms with Crippen LogP contribution in [0.5, 0.6) is 0 Å². The van der Waals surface area contributed by atoms with Gasteiger partial charge in [0.25, 0.3) is 5.91 Å². The van der Waals surface area contributed by atoms with Gasteiger partial charge in [0.15, 0.2) is 0 Å². The third-order valence-electron chi connectivity index (χ3n) is 4.36. The van der Waals surface area contributed by atoms with Gasteiger partial charge < -0.3 is 10.1 Å². The van der Waals surface area contributed by atoms with Crippen LogP contribution in [0.2, 0.25) is 0 Å². The number of cyclic esters (lactones) is 1. The summed E-state index contributed by atoms with van der Waals surface area (Å²) in [5.74, 6) is 4.12. The Balaban J connectivity index is 1.67. The van der Waals surface area contributed by atoms with Crippen LogP contribution in [0.15, 0.2) is 42.5 Å². The number of nitrogens with zero attached hydrogens (tertiary/aromatic N) is 1. The number of ether oxygens (including phenoxy) is 1. The van der Waals surface area contributed by atoms with Gasteiger partial charge in [-0.1, -0.05) is 11.8 Å². The Morgan fingerprint density at radius 3 is 2.09 bits per heavy atom. The lowest BCUT2D eigenvalue weighted by atomic mass is 10.0. The minimum absolute atomic E-state index is 0.0535. The van der Waals surface area contributed by atoms with Gasteiger partial charge in [0.1, 0.15) is 6.61 Å². The summed E-state index contributed by atoms with van der Waals surface area (Å²) < 4.78 is 82.2. The van der Waals surface area contributed by atoms with Gasteiger partial charge in [-0.3, -0.25) is 9.69 Å². The lowest BCUT2D eigenvalue weighted by Gasteiger charge is -2.13. The lowest BCUT2D eigenvalue weighted by molar-refractivity contribution is -0.143. The molecule has 1 N–H and O–H groups in total. The highest BCUT2D eigenvalue weighted by Gasteiger charge is 2.37. The Morgan fingerprint density at radius 1 is 1.00 bits per heavy atom. The number of carbonyl (C=O) groups excluding carboxylic acids is 2. The van der Waals surface area contributed by atoms with E-state index in [0.717, 1.165) is 0 Å². The first kappa shape index (κ1) is 23.0. The fraction of sp³-hybridized carbons (Fsp3) is 0.238. The van der Waals surface area contributed by atoms with Crippen LogP contribution < -0.4 is 10.2 Å². The zero-order valence-electron chi connectivity index (χ0n) is 16.1. The highest BCUT2D eigenvalue weighted by atomic mass is 19.4. The van der Waals surface area contributed by atoms with E-state index in [1.165, 1.54) is 4.90 Å². The number of rotatable bonds is 3. The molecule has 2 amide bonds. The Labute approximate surface area is 178 Å². The average molecular weight is 456 g/mol. The molecule has 0 atom stereocenters. The van der Waals surface area contributed by atoms with Gasteiger partial charge in [-0.05, 0) is 42.5 Å². The summed E-state index contributed by atoms with van der Waals surface area (Å²) in [6.07, 6.45) is -10.6. The second-order valence-corrected chi connectivity index (χ2v) is 6.59. The number of carbonyl (C=O) groups is 2. The number of amides is 2. The zero-order chi connectivity index (χ0) is 23.5. The molecule has 1 saturated heterocycles. The molecule has 0 unspecified atom stereocenters. The molecule has 32 heavy (non-hydrogen) atoms. The molecule has 1 aliphatic rings. The van der Waals surface area contributed by atoms with Gasteiger partial charge in [-0.2, -0.15) is 26.3 Å². The monoisotopic (exact) mass is 456 g/mol. The highest BCUT2D eigenvalue weighted by Crippen LogP contribution is 2.36. The first-order valence-electron chi connectivity index (χ1n) is 9.06. The van der Waals surface area contributed by atoms with Crippen LogP contribution in [0.25, 0.3) is 0 Å². The number of nitrogens with one attached hydrogen (secondary N) is 1. The van der Waals surface area contributed by atoms with Crippen molar-refractivity contribution >= 4 is 17.7 Å². The van der Waals surface area contributed by atoms with Gasteiger partial charge in [0, 0.05) is 16.8 Å². The molecule has 2 aromatic rings. The van der Waals surface area contributed by atoms with Crippen LogP contribution in [0.1, 0.15) is 27.0 Å². The highest BCUT2D eigenvalue weighted by molar-refractivity contribution is 5.94. The molecule has 3 rings (SSSR count). The summed E-state index contributed by atoms with van der Waals surface area (Å²) in [4.78, 5) is 25.0. The molecular weight excluding hydrogens is 442 g/mol. The maximum atomic E-state index is 12.9. The molecule has 1 heterocycles. The average Bonchev–Trinajstić information content (AvgIpc) is 3.15. The quantitative estimate of drug-likeness (QED) is 0.548. The first-order chi connectivity index (χ1) is 14.9. The van der Waals surface area contributed by atoms with Crippen molar-refractivity contribution < 1.29 is 40.7 Å². The summed E-state index contributed by atoms with van der Waals surface area (Å²) in [6, 6.07) is 7.13. The van der Waals surface area contributed by atoms with Crippen LogP contribution in [-0.4, -0.2) is 31.7 Å². The van der Waals surface area contributed by atoms with Crippen molar-refractivity contribution in [3.63, 3.8) is 0 Å². The van der Waals surface area contributed by atoms with E-state index < -0.39 is 41.0 Å². The van der Waals surface area contributed by atoms with Crippen molar-refractivity contribution in [2.24, 2.45) is 0 Å². The van der Waals surface area contributed by atoms with E-state index in [9.17, 15) is 35.9 Å². The molecule has 1 aliphatic heterocycles. The predicted octanol–water partition coefficient (Wildman–Crippen LogP) is 4.46. The summed E-state index contributed by atoms with van der Waals surface area (Å²) >= 11 is 0. The Kier molecular flexibility index (Phi) is 6.34. The number of benzene rings is 2. The maximum absolute atomic E-state index is 12.9. The van der Waals surface area contributed by atoms with Crippen molar-refractivity contribution in [1.29, 1.82) is 0 Å². The van der Waals surface area contributed by atoms with Crippen LogP contribution in [0, 0.1) is 11.8 Å². The minimum atomic E-state index is -5.05. The van der Waals surface area contributed by atoms with Gasteiger partial charge in [0.05, 0.1) is 24.2 Å². The van der Waals surface area contributed by atoms with E-state index in [1.54, 1.807) is 24.3 Å². The maximum Gasteiger partial charge on any atom is 0.416 e. The molecule has 168 valence electrons. The van der Waals surface area contributed by atoms with Crippen LogP contribution >= 0.6 is 0 Å². The van der Waals surface area contributed by atoms with E-state index in [-0.39, 0.29) is 19.2 Å². The SMILES string of the molecule is O=C(NCC#Cc1ccc(N2CCOC2=O)cc1)c1cc(C(F)(F)F)cc(C(F)(F)F)c1. The standard InChI is InChI=1S/C21H14F6N2O3/c22-20(23,24)15-10-14(11-16(12-15)21(25,26)27)18(30)28-7-1-2-13-3-5-17(6-4-13)29-8-9-32-19(29)31/h3-6,10-12H,7-9H2,(H,28,30). The Bertz CT molecular complexity index is 1050. The largest absolute Gasteiger partial charge is 0.447 e. The third-order valence-corrected chi connectivity index (χ3v) is 4.36. The zero-order valence-corrected chi connectivity index (χ0v) is 16.1. The fourth-order valence-electron chi connectivity index (χ4n) is 2.81. The third kappa shape index (κ3) is 5.51. The molecule has 0 radical (unpaired) electrons. The van der Waals surface area contributed by atoms with Crippen LogP contribution in [0.4, 0.5) is 36.8 Å². The molecule has 0 saturated carbocycles. The molecule has 1 fully saturated rings. The van der Waals surface area contributed by atoms with Crippen LogP contribution in [-0.2, 0) is 17.1 Å². The number of hydrogen-bond donors (Lipinski definition) is 1. The molecule has 5 nitrogen and oxygen atoms in total. The van der Waals surface area contributed by atoms with Crippen molar-refractivity contribution in [1.82, 2.24) is 5.32 Å². The lowest BCUT2D eigenvalue weighted by Crippen LogP contribution is -2.25. The number of anilines is 1. The summed E-state index contributed by atoms with van der Waals surface area (Å²) in [5.41, 5.74) is -2.81. The van der Waals surface area contributed by atoms with E-state index in [1.807, 2.05) is 0 Å². The molecule has 0 bridgehead atoms. The van der Waals surface area contributed by atoms with Gasteiger partial charge in [-0.15, -0.1) is 0 Å². The number of halogens is 6. The van der Waals surface area contributed by atoms with Crippen molar-refractivity contribution in [3.05, 3.63) is 64.7 Å². The van der Waals surface area contributed by atoms with Crippen molar-refractivity contribution in [2.75, 3.05) is 24.6 Å². The summed E-state index contributed by atoms with van der Waals surface area (Å²) in [6.45, 7) is 0.397. The number of alkyl halides is 6. The van der Waals surface area contributed by atoms with Gasteiger partial charge in [0.2, 0.25) is 0 Å². The summed E-state index contributed by atoms with van der Waals surface area (Å²) in [7, 11) is 0. The molecular formula is C21H14F6N2O3. The predicted molar refractivity (Wildman–Crippen MR) is 101 cm³/mol. The first-order valence-corrected chi connectivity index (χ1v) is 9.06. The normalized spacial score (nSPS) is 13.9. The van der Waals surface area contributed by atoms with Crippen molar-refractivity contribution in [3.8, 4) is 11.8 Å². The van der Waals surface area contributed by atoms with E-state index in [2.05, 4.69) is 17.2 Å². The molecule has 0 aliphatic carbocycles. The molecule has 11 heteroatoms. The Hall–Kier alpha value is -3.68. The summed E-state index contributed by atoms with van der Waals surface area (Å²) in [5, 5.41) is 2.17. The second-order valence-electron chi connectivity index (χ2n) is 6.59. The second kappa shape index (κ2) is 8.82. The van der Waals surface area contributed by atoms with Gasteiger partial charge in [-0.25, -0.2) is 4.79 Å². The smallest absolute Gasteiger partial charge is 0.416 e. The molecule has 2 aromatic carbocycles. The van der Waals surface area contributed by atoms with E-state index >= 15 is 0 Å². The Morgan fingerprint density at radius 2 is 1.59 bits per heavy atom. The number of hydrogen-bond acceptors (Lipinski definition) is 3. The molecule has 0 aromatic heterocycles. The van der Waals surface area contributed by atoms with E-state index in [4.69, 9.17) is 4.74 Å². The molecule has 0 spiro atoms. The topological polar surface area (TPSA) is 58.6 Å². The van der Waals surface area contributed by atoms with Crippen LogP contribution in [0.3, 0.4) is 0 Å². The minimum Gasteiger partial charge on any atom is -0.447 e. The van der Waals surface area contributed by atoms with Gasteiger partial charge >= 0.3 is 18.4 Å². The fourth-order valence-corrected chi connectivity index (χ4v) is 2.81. The van der Waals surface area contributed by atoms with Crippen molar-refractivity contribution in [2.45, 2.75) is 12.4 Å².